The van der Waals surface area contributed by atoms with Crippen molar-refractivity contribution in [1.29, 1.82) is 0 Å². The fraction of sp³-hybridized carbons (Fsp3) is 0.481. The standard InChI is InChI=1S/C27H38N2O3Si/c1-7-31-26(30)21-27(2,3)20-23-12-13-24(19-22(23)14-18-33(4,5)6)32-17-10-16-29-25-11-8-9-15-28-25/h8-9,11-13,15,19H,7,10,16-17,20-21H2,1-6H3,(H,28,29). The molecule has 0 aliphatic heterocycles. The second-order valence-electron chi connectivity index (χ2n) is 9.99. The zero-order valence-corrected chi connectivity index (χ0v) is 22.0. The number of carbonyl (C=O) groups excluding carboxylic acids is 1. The molecule has 178 valence electrons. The minimum atomic E-state index is -1.53. The molecule has 0 saturated heterocycles. The summed E-state index contributed by atoms with van der Waals surface area (Å²) in [5.74, 6) is 4.95. The fourth-order valence-electron chi connectivity index (χ4n) is 3.30. The van der Waals surface area contributed by atoms with Gasteiger partial charge in [0, 0.05) is 18.3 Å². The van der Waals surface area contributed by atoms with E-state index in [9.17, 15) is 4.79 Å². The number of nitrogens with zero attached hydrogens (tertiary/aromatic N) is 1. The lowest BCUT2D eigenvalue weighted by atomic mass is 9.81. The molecule has 0 unspecified atom stereocenters. The molecule has 0 aliphatic carbocycles. The maximum Gasteiger partial charge on any atom is 0.306 e. The molecule has 33 heavy (non-hydrogen) atoms. The number of hydrogen-bond donors (Lipinski definition) is 1. The second-order valence-corrected chi connectivity index (χ2v) is 14.7. The Balaban J connectivity index is 2.05. The topological polar surface area (TPSA) is 60.5 Å². The molecule has 6 heteroatoms. The van der Waals surface area contributed by atoms with E-state index >= 15 is 0 Å². The van der Waals surface area contributed by atoms with Crippen molar-refractivity contribution in [3.63, 3.8) is 0 Å². The Labute approximate surface area is 200 Å². The molecule has 0 bridgehead atoms. The Morgan fingerprint density at radius 1 is 1.18 bits per heavy atom. The van der Waals surface area contributed by atoms with Crippen LogP contribution in [0.25, 0.3) is 0 Å². The number of benzene rings is 1. The van der Waals surface area contributed by atoms with E-state index < -0.39 is 8.07 Å². The van der Waals surface area contributed by atoms with Crippen LogP contribution in [0.3, 0.4) is 0 Å². The number of anilines is 1. The summed E-state index contributed by atoms with van der Waals surface area (Å²) in [7, 11) is -1.53. The van der Waals surface area contributed by atoms with E-state index in [1.54, 1.807) is 6.20 Å². The van der Waals surface area contributed by atoms with Gasteiger partial charge in [-0.3, -0.25) is 4.79 Å². The maximum absolute atomic E-state index is 12.0. The van der Waals surface area contributed by atoms with E-state index in [1.807, 2.05) is 37.3 Å². The Hall–Kier alpha value is -2.78. The third-order valence-corrected chi connectivity index (χ3v) is 5.69. The van der Waals surface area contributed by atoms with Crippen molar-refractivity contribution in [1.82, 2.24) is 4.98 Å². The van der Waals surface area contributed by atoms with Crippen LogP contribution in [0.5, 0.6) is 5.75 Å². The lowest BCUT2D eigenvalue weighted by Gasteiger charge is -2.24. The number of ether oxygens (including phenoxy) is 2. The SMILES string of the molecule is CCOC(=O)CC(C)(C)Cc1ccc(OCCCNc2ccccn2)cc1C#C[Si](C)(C)C. The lowest BCUT2D eigenvalue weighted by molar-refractivity contribution is -0.145. The summed E-state index contributed by atoms with van der Waals surface area (Å²) < 4.78 is 11.2. The van der Waals surface area contributed by atoms with Gasteiger partial charge in [-0.15, -0.1) is 5.54 Å². The molecule has 1 heterocycles. The molecule has 2 aromatic rings. The van der Waals surface area contributed by atoms with Crippen LogP contribution in [-0.2, 0) is 16.0 Å². The number of esters is 1. The van der Waals surface area contributed by atoms with E-state index in [0.717, 1.165) is 42.1 Å². The van der Waals surface area contributed by atoms with Gasteiger partial charge >= 0.3 is 5.97 Å². The molecule has 0 saturated carbocycles. The summed E-state index contributed by atoms with van der Waals surface area (Å²) in [5, 5.41) is 3.29. The van der Waals surface area contributed by atoms with Crippen LogP contribution in [0.15, 0.2) is 42.6 Å². The summed E-state index contributed by atoms with van der Waals surface area (Å²) in [5.41, 5.74) is 5.37. The van der Waals surface area contributed by atoms with E-state index in [4.69, 9.17) is 9.47 Å². The van der Waals surface area contributed by atoms with Crippen molar-refractivity contribution >= 4 is 19.9 Å². The highest BCUT2D eigenvalue weighted by Gasteiger charge is 2.24. The van der Waals surface area contributed by atoms with E-state index in [1.165, 1.54) is 0 Å². The number of aromatic nitrogens is 1. The van der Waals surface area contributed by atoms with Crippen LogP contribution in [-0.4, -0.2) is 38.8 Å². The lowest BCUT2D eigenvalue weighted by Crippen LogP contribution is -2.22. The molecule has 1 aromatic heterocycles. The van der Waals surface area contributed by atoms with E-state index in [2.05, 4.69) is 61.3 Å². The molecule has 5 nitrogen and oxygen atoms in total. The van der Waals surface area contributed by atoms with Crippen molar-refractivity contribution in [2.75, 3.05) is 25.1 Å². The van der Waals surface area contributed by atoms with Crippen LogP contribution < -0.4 is 10.1 Å². The Kier molecular flexibility index (Phi) is 9.99. The monoisotopic (exact) mass is 466 g/mol. The number of hydrogen-bond acceptors (Lipinski definition) is 5. The largest absolute Gasteiger partial charge is 0.493 e. The molecule has 0 fully saturated rings. The fourth-order valence-corrected chi connectivity index (χ4v) is 3.81. The first kappa shape index (κ1) is 26.5. The van der Waals surface area contributed by atoms with Crippen LogP contribution in [0, 0.1) is 16.9 Å². The molecule has 0 atom stereocenters. The Morgan fingerprint density at radius 3 is 2.64 bits per heavy atom. The highest BCUT2D eigenvalue weighted by Crippen LogP contribution is 2.29. The second kappa shape index (κ2) is 12.5. The molecular formula is C27H38N2O3Si. The zero-order valence-electron chi connectivity index (χ0n) is 21.0. The van der Waals surface area contributed by atoms with Gasteiger partial charge in [-0.05, 0) is 55.0 Å². The molecule has 2 rings (SSSR count). The number of rotatable bonds is 11. The third-order valence-electron chi connectivity index (χ3n) is 4.81. The van der Waals surface area contributed by atoms with Gasteiger partial charge in [-0.2, -0.15) is 0 Å². The molecule has 0 amide bonds. The number of pyridine rings is 1. The van der Waals surface area contributed by atoms with Crippen molar-refractivity contribution in [2.24, 2.45) is 5.41 Å². The first-order chi connectivity index (χ1) is 15.6. The van der Waals surface area contributed by atoms with Crippen LogP contribution in [0.1, 0.15) is 44.7 Å². The highest BCUT2D eigenvalue weighted by atomic mass is 28.3. The summed E-state index contributed by atoms with van der Waals surface area (Å²) in [6.45, 7) is 14.5. The number of carbonyl (C=O) groups is 1. The van der Waals surface area contributed by atoms with Gasteiger partial charge < -0.3 is 14.8 Å². The number of nitrogens with one attached hydrogen (secondary N) is 1. The van der Waals surface area contributed by atoms with Crippen molar-refractivity contribution in [3.05, 3.63) is 53.7 Å². The summed E-state index contributed by atoms with van der Waals surface area (Å²) >= 11 is 0. The summed E-state index contributed by atoms with van der Waals surface area (Å²) in [4.78, 5) is 16.3. The van der Waals surface area contributed by atoms with Gasteiger partial charge in [-0.1, -0.05) is 51.5 Å². The van der Waals surface area contributed by atoms with Crippen LogP contribution >= 0.6 is 0 Å². The van der Waals surface area contributed by atoms with E-state index in [-0.39, 0.29) is 11.4 Å². The van der Waals surface area contributed by atoms with Gasteiger partial charge in [0.05, 0.1) is 19.6 Å². The molecule has 1 aromatic carbocycles. The van der Waals surface area contributed by atoms with Crippen molar-refractivity contribution in [2.45, 2.75) is 59.7 Å². The first-order valence-electron chi connectivity index (χ1n) is 11.7. The minimum absolute atomic E-state index is 0.156. The average Bonchev–Trinajstić information content (AvgIpc) is 2.73. The predicted molar refractivity (Wildman–Crippen MR) is 138 cm³/mol. The summed E-state index contributed by atoms with van der Waals surface area (Å²) in [6, 6.07) is 11.9. The normalized spacial score (nSPS) is 11.3. The third kappa shape index (κ3) is 10.6. The Bertz CT molecular complexity index is 957. The van der Waals surface area contributed by atoms with Crippen LogP contribution in [0.2, 0.25) is 19.6 Å². The molecule has 0 aliphatic rings. The molecule has 0 spiro atoms. The van der Waals surface area contributed by atoms with Gasteiger partial charge in [0.15, 0.2) is 0 Å². The van der Waals surface area contributed by atoms with Gasteiger partial charge in [0.25, 0.3) is 0 Å². The highest BCUT2D eigenvalue weighted by molar-refractivity contribution is 6.83. The zero-order chi connectivity index (χ0) is 24.3. The summed E-state index contributed by atoms with van der Waals surface area (Å²) in [6.07, 6.45) is 3.76. The maximum atomic E-state index is 12.0. The molecule has 1 N–H and O–H groups in total. The smallest absolute Gasteiger partial charge is 0.306 e. The van der Waals surface area contributed by atoms with Crippen molar-refractivity contribution in [3.8, 4) is 17.2 Å². The molecular weight excluding hydrogens is 428 g/mol. The van der Waals surface area contributed by atoms with Crippen molar-refractivity contribution < 1.29 is 14.3 Å². The molecule has 0 radical (unpaired) electrons. The van der Waals surface area contributed by atoms with E-state index in [0.29, 0.717) is 19.6 Å². The first-order valence-corrected chi connectivity index (χ1v) is 15.2. The average molecular weight is 467 g/mol. The van der Waals surface area contributed by atoms with Gasteiger partial charge in [-0.25, -0.2) is 4.98 Å². The van der Waals surface area contributed by atoms with Crippen LogP contribution in [0.4, 0.5) is 5.82 Å². The minimum Gasteiger partial charge on any atom is -0.493 e. The quantitative estimate of drug-likeness (QED) is 0.199. The Morgan fingerprint density at radius 2 is 1.97 bits per heavy atom. The van der Waals surface area contributed by atoms with Gasteiger partial charge in [0.2, 0.25) is 0 Å². The predicted octanol–water partition coefficient (Wildman–Crippen LogP) is 5.71. The van der Waals surface area contributed by atoms with Gasteiger partial charge in [0.1, 0.15) is 19.6 Å².